The molecule has 0 aliphatic heterocycles. The minimum absolute atomic E-state index is 0.0431. The van der Waals surface area contributed by atoms with Crippen molar-refractivity contribution in [2.75, 3.05) is 5.32 Å². The fourth-order valence-electron chi connectivity index (χ4n) is 3.13. The Hall–Kier alpha value is -3.40. The molecule has 4 heteroatoms. The lowest BCUT2D eigenvalue weighted by Gasteiger charge is -2.18. The average molecular weight is 355 g/mol. The van der Waals surface area contributed by atoms with Crippen molar-refractivity contribution in [2.45, 2.75) is 19.8 Å². The highest BCUT2D eigenvalue weighted by Gasteiger charge is 2.14. The van der Waals surface area contributed by atoms with Gasteiger partial charge in [0.05, 0.1) is 5.39 Å². The first-order chi connectivity index (χ1) is 13.1. The highest BCUT2D eigenvalue weighted by atomic mass is 16.1. The number of hydrogen-bond donors (Lipinski definition) is 1. The van der Waals surface area contributed by atoms with Crippen molar-refractivity contribution < 1.29 is 0 Å². The summed E-state index contributed by atoms with van der Waals surface area (Å²) in [6.07, 6.45) is 0. The monoisotopic (exact) mass is 355 g/mol. The highest BCUT2D eigenvalue weighted by Crippen LogP contribution is 2.25. The third-order valence-electron chi connectivity index (χ3n) is 4.53. The van der Waals surface area contributed by atoms with E-state index >= 15 is 0 Å². The van der Waals surface area contributed by atoms with Crippen molar-refractivity contribution in [2.24, 2.45) is 0 Å². The van der Waals surface area contributed by atoms with Gasteiger partial charge in [-0.1, -0.05) is 50.2 Å². The zero-order valence-electron chi connectivity index (χ0n) is 15.4. The summed E-state index contributed by atoms with van der Waals surface area (Å²) in [5.41, 5.74) is 3.45. The minimum Gasteiger partial charge on any atom is -0.341 e. The molecule has 0 fully saturated rings. The Balaban J connectivity index is 2.02. The van der Waals surface area contributed by atoms with Gasteiger partial charge in [-0.15, -0.1) is 0 Å². The summed E-state index contributed by atoms with van der Waals surface area (Å²) in [5.74, 6) is 0.970. The molecule has 1 N–H and O–H groups in total. The Morgan fingerprint density at radius 1 is 0.889 bits per heavy atom. The number of hydrogen-bond acceptors (Lipinski definition) is 3. The average Bonchev–Trinajstić information content (AvgIpc) is 2.69. The minimum atomic E-state index is -0.0431. The molecule has 2 aromatic heterocycles. The van der Waals surface area contributed by atoms with Crippen LogP contribution in [0.15, 0.2) is 83.7 Å². The van der Waals surface area contributed by atoms with Gasteiger partial charge in [0.1, 0.15) is 11.5 Å². The van der Waals surface area contributed by atoms with E-state index in [0.29, 0.717) is 16.9 Å². The first-order valence-electron chi connectivity index (χ1n) is 9.07. The molecule has 2 heterocycles. The summed E-state index contributed by atoms with van der Waals surface area (Å²) in [5, 5.41) is 3.99. The molecular weight excluding hydrogens is 334 g/mol. The zero-order valence-corrected chi connectivity index (χ0v) is 15.4. The number of benzene rings is 2. The van der Waals surface area contributed by atoms with Crippen LogP contribution in [0.1, 0.15) is 25.5 Å². The number of rotatable bonds is 4. The van der Waals surface area contributed by atoms with Crippen molar-refractivity contribution in [3.8, 4) is 5.69 Å². The van der Waals surface area contributed by atoms with Crippen molar-refractivity contribution in [1.82, 2.24) is 9.55 Å². The number of aromatic nitrogens is 2. The number of pyridine rings is 2. The Labute approximate surface area is 158 Å². The van der Waals surface area contributed by atoms with Gasteiger partial charge >= 0.3 is 0 Å². The topological polar surface area (TPSA) is 46.9 Å². The van der Waals surface area contributed by atoms with E-state index in [2.05, 4.69) is 19.2 Å². The van der Waals surface area contributed by atoms with Gasteiger partial charge < -0.3 is 5.32 Å². The molecule has 0 saturated heterocycles. The largest absolute Gasteiger partial charge is 0.341 e. The standard InChI is InChI=1S/C23H21N3O/c1-16(2)20-14-13-19-21(27)15-22(24-17-9-5-3-6-10-17)26(23(19)25-20)18-11-7-4-8-12-18/h3-16,24H,1-2H3. The lowest BCUT2D eigenvalue weighted by atomic mass is 10.1. The maximum atomic E-state index is 12.8. The Bertz CT molecular complexity index is 1130. The maximum absolute atomic E-state index is 12.8. The molecular formula is C23H21N3O. The summed E-state index contributed by atoms with van der Waals surface area (Å²) in [6.45, 7) is 4.20. The normalized spacial score (nSPS) is 11.1. The molecule has 0 saturated carbocycles. The number of nitrogens with one attached hydrogen (secondary N) is 1. The van der Waals surface area contributed by atoms with E-state index in [-0.39, 0.29) is 11.3 Å². The molecule has 0 aliphatic carbocycles. The van der Waals surface area contributed by atoms with Gasteiger partial charge in [0.15, 0.2) is 5.43 Å². The van der Waals surface area contributed by atoms with Gasteiger partial charge in [0.25, 0.3) is 0 Å². The predicted octanol–water partition coefficient (Wildman–Crippen LogP) is 5.25. The summed E-state index contributed by atoms with van der Waals surface area (Å²) in [6, 6.07) is 25.3. The molecule has 0 unspecified atom stereocenters. The first kappa shape index (κ1) is 17.0. The molecule has 27 heavy (non-hydrogen) atoms. The molecule has 4 rings (SSSR count). The summed E-state index contributed by atoms with van der Waals surface area (Å²) >= 11 is 0. The summed E-state index contributed by atoms with van der Waals surface area (Å²) in [4.78, 5) is 17.6. The molecule has 0 spiro atoms. The van der Waals surface area contributed by atoms with Crippen molar-refractivity contribution in [1.29, 1.82) is 0 Å². The van der Waals surface area contributed by atoms with E-state index in [1.807, 2.05) is 77.4 Å². The van der Waals surface area contributed by atoms with Crippen LogP contribution < -0.4 is 10.7 Å². The zero-order chi connectivity index (χ0) is 18.8. The van der Waals surface area contributed by atoms with E-state index in [1.165, 1.54) is 0 Å². The molecule has 0 radical (unpaired) electrons. The second-order valence-corrected chi connectivity index (χ2v) is 6.82. The van der Waals surface area contributed by atoms with Crippen LogP contribution in [0.4, 0.5) is 11.5 Å². The number of fused-ring (bicyclic) bond motifs is 1. The van der Waals surface area contributed by atoms with Gasteiger partial charge in [-0.3, -0.25) is 9.36 Å². The van der Waals surface area contributed by atoms with Gasteiger partial charge in [-0.05, 0) is 42.3 Å². The molecule has 4 aromatic rings. The molecule has 134 valence electrons. The lowest BCUT2D eigenvalue weighted by molar-refractivity contribution is 0.824. The lowest BCUT2D eigenvalue weighted by Crippen LogP contribution is -2.14. The Morgan fingerprint density at radius 3 is 2.22 bits per heavy atom. The smallest absolute Gasteiger partial charge is 0.193 e. The molecule has 4 nitrogen and oxygen atoms in total. The van der Waals surface area contributed by atoms with Crippen molar-refractivity contribution >= 4 is 22.5 Å². The molecule has 0 atom stereocenters. The second-order valence-electron chi connectivity index (χ2n) is 6.82. The fraction of sp³-hybridized carbons (Fsp3) is 0.130. The number of para-hydroxylation sites is 2. The quantitative estimate of drug-likeness (QED) is 0.544. The van der Waals surface area contributed by atoms with E-state index < -0.39 is 0 Å². The van der Waals surface area contributed by atoms with Crippen LogP contribution in [0.2, 0.25) is 0 Å². The van der Waals surface area contributed by atoms with Gasteiger partial charge in [0.2, 0.25) is 0 Å². The van der Waals surface area contributed by atoms with Crippen LogP contribution >= 0.6 is 0 Å². The number of nitrogens with zero attached hydrogens (tertiary/aromatic N) is 2. The third kappa shape index (κ3) is 3.34. The third-order valence-corrected chi connectivity index (χ3v) is 4.53. The van der Waals surface area contributed by atoms with Gasteiger partial charge in [0, 0.05) is 23.1 Å². The molecule has 0 amide bonds. The highest BCUT2D eigenvalue weighted by molar-refractivity contribution is 5.81. The SMILES string of the molecule is CC(C)c1ccc2c(=O)cc(Nc3ccccc3)n(-c3ccccc3)c2n1. The van der Waals surface area contributed by atoms with E-state index in [9.17, 15) is 4.79 Å². The van der Waals surface area contributed by atoms with Crippen LogP contribution in [0.3, 0.4) is 0 Å². The van der Waals surface area contributed by atoms with Crippen molar-refractivity contribution in [3.63, 3.8) is 0 Å². The van der Waals surface area contributed by atoms with Crippen molar-refractivity contribution in [3.05, 3.63) is 94.8 Å². The van der Waals surface area contributed by atoms with Gasteiger partial charge in [-0.2, -0.15) is 0 Å². The maximum Gasteiger partial charge on any atom is 0.193 e. The van der Waals surface area contributed by atoms with Crippen LogP contribution in [-0.4, -0.2) is 9.55 Å². The van der Waals surface area contributed by atoms with Crippen LogP contribution in [0, 0.1) is 0 Å². The van der Waals surface area contributed by atoms with E-state index in [4.69, 9.17) is 4.98 Å². The number of anilines is 2. The first-order valence-corrected chi connectivity index (χ1v) is 9.07. The molecule has 0 bridgehead atoms. The summed E-state index contributed by atoms with van der Waals surface area (Å²) < 4.78 is 2.01. The Kier molecular flexibility index (Phi) is 4.47. The molecule has 0 aliphatic rings. The van der Waals surface area contributed by atoms with E-state index in [1.54, 1.807) is 6.07 Å². The molecule has 2 aromatic carbocycles. The predicted molar refractivity (Wildman–Crippen MR) is 111 cm³/mol. The van der Waals surface area contributed by atoms with E-state index in [0.717, 1.165) is 17.1 Å². The van der Waals surface area contributed by atoms with Gasteiger partial charge in [-0.25, -0.2) is 4.98 Å². The van der Waals surface area contributed by atoms with Crippen LogP contribution in [0.25, 0.3) is 16.7 Å². The van der Waals surface area contributed by atoms with Crippen LogP contribution in [-0.2, 0) is 0 Å². The second kappa shape index (κ2) is 7.08. The van der Waals surface area contributed by atoms with Crippen LogP contribution in [0.5, 0.6) is 0 Å². The summed E-state index contributed by atoms with van der Waals surface area (Å²) in [7, 11) is 0. The fourth-order valence-corrected chi connectivity index (χ4v) is 3.13. The Morgan fingerprint density at radius 2 is 1.56 bits per heavy atom.